The van der Waals surface area contributed by atoms with E-state index in [-0.39, 0.29) is 22.3 Å². The van der Waals surface area contributed by atoms with E-state index in [4.69, 9.17) is 0 Å². The van der Waals surface area contributed by atoms with E-state index in [0.29, 0.717) is 0 Å². The monoisotopic (exact) mass is 284 g/mol. The SMILES string of the molecule is CS[C@H](C)/C=N\Nc1ccc([N+](=O)[O-])cc1[N+](=O)[O-]. The average Bonchev–Trinajstić information content (AvgIpc) is 2.38. The van der Waals surface area contributed by atoms with E-state index in [1.165, 1.54) is 12.1 Å². The second kappa shape index (κ2) is 6.69. The van der Waals surface area contributed by atoms with Gasteiger partial charge in [0.05, 0.1) is 15.9 Å². The quantitative estimate of drug-likeness (QED) is 0.488. The number of thioether (sulfide) groups is 1. The van der Waals surface area contributed by atoms with Gasteiger partial charge in [-0.1, -0.05) is 0 Å². The van der Waals surface area contributed by atoms with Crippen molar-refractivity contribution in [3.05, 3.63) is 38.4 Å². The molecule has 1 atom stereocenters. The Morgan fingerprint density at radius 3 is 2.58 bits per heavy atom. The second-order valence-electron chi connectivity index (χ2n) is 3.55. The Morgan fingerprint density at radius 1 is 1.37 bits per heavy atom. The van der Waals surface area contributed by atoms with Crippen molar-refractivity contribution in [1.29, 1.82) is 0 Å². The molecule has 19 heavy (non-hydrogen) atoms. The number of nitrogens with zero attached hydrogens (tertiary/aromatic N) is 3. The number of nitro groups is 2. The van der Waals surface area contributed by atoms with Gasteiger partial charge in [0.1, 0.15) is 5.69 Å². The molecule has 0 saturated heterocycles. The molecular formula is C10H12N4O4S. The van der Waals surface area contributed by atoms with Gasteiger partial charge in [0.15, 0.2) is 0 Å². The van der Waals surface area contributed by atoms with Crippen LogP contribution in [0.4, 0.5) is 17.1 Å². The Hall–Kier alpha value is -2.16. The van der Waals surface area contributed by atoms with Crippen LogP contribution in [0.5, 0.6) is 0 Å². The summed E-state index contributed by atoms with van der Waals surface area (Å²) in [5, 5.41) is 25.4. The van der Waals surface area contributed by atoms with Gasteiger partial charge >= 0.3 is 5.69 Å². The third-order valence-electron chi connectivity index (χ3n) is 2.23. The molecule has 0 radical (unpaired) electrons. The number of hydrazone groups is 1. The number of hydrogen-bond donors (Lipinski definition) is 1. The van der Waals surface area contributed by atoms with Gasteiger partial charge in [0.2, 0.25) is 0 Å². The molecule has 0 aliphatic rings. The van der Waals surface area contributed by atoms with Gasteiger partial charge in [-0.2, -0.15) is 16.9 Å². The molecule has 0 saturated carbocycles. The molecule has 0 heterocycles. The number of nitrogens with one attached hydrogen (secondary N) is 1. The van der Waals surface area contributed by atoms with E-state index < -0.39 is 9.85 Å². The fourth-order valence-electron chi connectivity index (χ4n) is 1.15. The summed E-state index contributed by atoms with van der Waals surface area (Å²) < 4.78 is 0. The van der Waals surface area contributed by atoms with Crippen molar-refractivity contribution in [2.75, 3.05) is 11.7 Å². The van der Waals surface area contributed by atoms with Gasteiger partial charge in [-0.05, 0) is 19.2 Å². The molecule has 102 valence electrons. The molecule has 8 nitrogen and oxygen atoms in total. The maximum Gasteiger partial charge on any atom is 0.301 e. The number of anilines is 1. The lowest BCUT2D eigenvalue weighted by atomic mass is 10.2. The molecule has 0 aromatic heterocycles. The molecule has 0 spiro atoms. The first-order valence-electron chi connectivity index (χ1n) is 5.20. The van der Waals surface area contributed by atoms with Crippen LogP contribution in [-0.4, -0.2) is 27.6 Å². The summed E-state index contributed by atoms with van der Waals surface area (Å²) in [7, 11) is 0. The third-order valence-corrected chi connectivity index (χ3v) is 3.10. The molecule has 9 heteroatoms. The first-order valence-corrected chi connectivity index (χ1v) is 6.49. The maximum atomic E-state index is 10.8. The molecular weight excluding hydrogens is 272 g/mol. The Balaban J connectivity index is 2.97. The Labute approximate surface area is 113 Å². The van der Waals surface area contributed by atoms with Gasteiger partial charge in [-0.25, -0.2) is 0 Å². The second-order valence-corrected chi connectivity index (χ2v) is 4.76. The molecule has 0 bridgehead atoms. The Bertz CT molecular complexity index is 520. The van der Waals surface area contributed by atoms with E-state index in [9.17, 15) is 20.2 Å². The van der Waals surface area contributed by atoms with Gasteiger partial charge in [-0.3, -0.25) is 25.7 Å². The number of rotatable bonds is 6. The Kier molecular flexibility index (Phi) is 5.24. The molecule has 0 amide bonds. The lowest BCUT2D eigenvalue weighted by Gasteiger charge is -2.03. The highest BCUT2D eigenvalue weighted by Gasteiger charge is 2.18. The summed E-state index contributed by atoms with van der Waals surface area (Å²) in [5.74, 6) is 0. The van der Waals surface area contributed by atoms with Crippen molar-refractivity contribution in [2.45, 2.75) is 12.2 Å². The van der Waals surface area contributed by atoms with Gasteiger partial charge < -0.3 is 0 Å². The van der Waals surface area contributed by atoms with Gasteiger partial charge in [0, 0.05) is 17.5 Å². The van der Waals surface area contributed by atoms with Crippen LogP contribution in [0.25, 0.3) is 0 Å². The number of hydrogen-bond acceptors (Lipinski definition) is 7. The van der Waals surface area contributed by atoms with Crippen LogP contribution in [-0.2, 0) is 0 Å². The fraction of sp³-hybridized carbons (Fsp3) is 0.300. The van der Waals surface area contributed by atoms with Crippen molar-refractivity contribution in [3.63, 3.8) is 0 Å². The predicted molar refractivity (Wildman–Crippen MR) is 74.8 cm³/mol. The molecule has 0 unspecified atom stereocenters. The molecule has 0 aliphatic carbocycles. The predicted octanol–water partition coefficient (Wildman–Crippen LogP) is 2.65. The number of non-ortho nitro benzene ring substituents is 1. The van der Waals surface area contributed by atoms with Crippen LogP contribution >= 0.6 is 11.8 Å². The van der Waals surface area contributed by atoms with Crippen LogP contribution in [0.15, 0.2) is 23.3 Å². The highest BCUT2D eigenvalue weighted by molar-refractivity contribution is 7.99. The highest BCUT2D eigenvalue weighted by Crippen LogP contribution is 2.28. The normalized spacial score (nSPS) is 12.3. The Morgan fingerprint density at radius 2 is 2.05 bits per heavy atom. The van der Waals surface area contributed by atoms with Crippen LogP contribution in [0.3, 0.4) is 0 Å². The molecule has 1 N–H and O–H groups in total. The largest absolute Gasteiger partial charge is 0.301 e. The van der Waals surface area contributed by atoms with Crippen LogP contribution in [0.1, 0.15) is 6.92 Å². The number of nitro benzene ring substituents is 2. The zero-order chi connectivity index (χ0) is 14.4. The van der Waals surface area contributed by atoms with Gasteiger partial charge in [-0.15, -0.1) is 0 Å². The van der Waals surface area contributed by atoms with E-state index >= 15 is 0 Å². The minimum atomic E-state index is -0.692. The van der Waals surface area contributed by atoms with Crippen molar-refractivity contribution in [1.82, 2.24) is 0 Å². The van der Waals surface area contributed by atoms with Crippen molar-refractivity contribution < 1.29 is 9.85 Å². The topological polar surface area (TPSA) is 111 Å². The zero-order valence-corrected chi connectivity index (χ0v) is 11.1. The third kappa shape index (κ3) is 4.21. The van der Waals surface area contributed by atoms with Crippen LogP contribution in [0.2, 0.25) is 0 Å². The van der Waals surface area contributed by atoms with E-state index in [1.807, 2.05) is 13.2 Å². The lowest BCUT2D eigenvalue weighted by molar-refractivity contribution is -0.393. The lowest BCUT2D eigenvalue weighted by Crippen LogP contribution is -2.01. The maximum absolute atomic E-state index is 10.8. The first kappa shape index (κ1) is 14.9. The number of benzene rings is 1. The van der Waals surface area contributed by atoms with E-state index in [0.717, 1.165) is 6.07 Å². The summed E-state index contributed by atoms with van der Waals surface area (Å²) >= 11 is 1.56. The van der Waals surface area contributed by atoms with E-state index in [2.05, 4.69) is 10.5 Å². The standard InChI is InChI=1S/C10H12N4O4S/c1-7(19-2)6-11-12-9-4-3-8(13(15)16)5-10(9)14(17)18/h3-7,12H,1-2H3/b11-6-/t7-/m1/s1. The summed E-state index contributed by atoms with van der Waals surface area (Å²) in [6, 6.07) is 3.34. The smallest absolute Gasteiger partial charge is 0.272 e. The zero-order valence-electron chi connectivity index (χ0n) is 10.3. The van der Waals surface area contributed by atoms with Crippen LogP contribution < -0.4 is 5.43 Å². The minimum Gasteiger partial charge on any atom is -0.272 e. The average molecular weight is 284 g/mol. The fourth-order valence-corrected chi connectivity index (χ4v) is 1.33. The van der Waals surface area contributed by atoms with E-state index in [1.54, 1.807) is 18.0 Å². The summed E-state index contributed by atoms with van der Waals surface area (Å²) in [4.78, 5) is 20.0. The first-order chi connectivity index (χ1) is 8.95. The van der Waals surface area contributed by atoms with Crippen molar-refractivity contribution >= 4 is 35.0 Å². The van der Waals surface area contributed by atoms with Gasteiger partial charge in [0.25, 0.3) is 5.69 Å². The molecule has 1 rings (SSSR count). The summed E-state index contributed by atoms with van der Waals surface area (Å²) in [6.07, 6.45) is 3.50. The van der Waals surface area contributed by atoms with Crippen LogP contribution in [0, 0.1) is 20.2 Å². The molecule has 1 aromatic rings. The molecule has 1 aromatic carbocycles. The molecule has 0 fully saturated rings. The van der Waals surface area contributed by atoms with Crippen molar-refractivity contribution in [2.24, 2.45) is 5.10 Å². The summed E-state index contributed by atoms with van der Waals surface area (Å²) in [5.41, 5.74) is 1.91. The summed E-state index contributed by atoms with van der Waals surface area (Å²) in [6.45, 7) is 1.92. The molecule has 0 aliphatic heterocycles. The minimum absolute atomic E-state index is 0.111. The van der Waals surface area contributed by atoms with Crippen molar-refractivity contribution in [3.8, 4) is 0 Å². The highest BCUT2D eigenvalue weighted by atomic mass is 32.2.